The van der Waals surface area contributed by atoms with Crippen molar-refractivity contribution in [3.63, 3.8) is 0 Å². The molecular weight excluding hydrogens is 505 g/mol. The van der Waals surface area contributed by atoms with Gasteiger partial charge in [-0.2, -0.15) is 13.2 Å². The second-order valence-corrected chi connectivity index (χ2v) is 12.5. The summed E-state index contributed by atoms with van der Waals surface area (Å²) in [6, 6.07) is 14.7. The molecule has 5 rings (SSSR count). The van der Waals surface area contributed by atoms with Crippen LogP contribution in [-0.2, 0) is 6.18 Å². The molecule has 2 aromatic carbocycles. The third kappa shape index (κ3) is 7.48. The molecule has 208 valence electrons. The van der Waals surface area contributed by atoms with Gasteiger partial charge in [0.25, 0.3) is 0 Å². The predicted molar refractivity (Wildman–Crippen MR) is 148 cm³/mol. The minimum Gasteiger partial charge on any atom is -0.493 e. The average molecular weight is 547 g/mol. The van der Waals surface area contributed by atoms with Gasteiger partial charge in [-0.05, 0) is 91.4 Å². The van der Waals surface area contributed by atoms with Crippen LogP contribution in [0.1, 0.15) is 81.4 Å². The van der Waals surface area contributed by atoms with Crippen LogP contribution in [0.2, 0.25) is 0 Å². The summed E-state index contributed by atoms with van der Waals surface area (Å²) in [7, 11) is 0. The lowest BCUT2D eigenvalue weighted by molar-refractivity contribution is -0.137. The number of benzene rings is 2. The molecule has 1 aliphatic heterocycles. The van der Waals surface area contributed by atoms with Gasteiger partial charge >= 0.3 is 6.18 Å². The van der Waals surface area contributed by atoms with Crippen molar-refractivity contribution in [3.8, 4) is 5.75 Å². The van der Waals surface area contributed by atoms with E-state index < -0.39 is 11.7 Å². The first-order valence-electron chi connectivity index (χ1n) is 14.5. The van der Waals surface area contributed by atoms with Crippen LogP contribution in [0, 0.1) is 11.8 Å². The Balaban J connectivity index is 1.16. The summed E-state index contributed by atoms with van der Waals surface area (Å²) >= 11 is 1.80. The van der Waals surface area contributed by atoms with E-state index in [1.54, 1.807) is 24.1 Å². The second kappa shape index (κ2) is 13.1. The van der Waals surface area contributed by atoms with E-state index in [2.05, 4.69) is 33.5 Å². The molecule has 2 aromatic rings. The number of nitrogens with zero attached hydrogens (tertiary/aromatic N) is 2. The first-order chi connectivity index (χ1) is 18.5. The number of alkyl halides is 3. The molecule has 3 fully saturated rings. The number of rotatable bonds is 8. The summed E-state index contributed by atoms with van der Waals surface area (Å²) in [6.07, 6.45) is 8.37. The summed E-state index contributed by atoms with van der Waals surface area (Å²) in [5.74, 6) is 2.17. The normalized spacial score (nSPS) is 21.9. The largest absolute Gasteiger partial charge is 0.493 e. The maximum absolute atomic E-state index is 13.2. The summed E-state index contributed by atoms with van der Waals surface area (Å²) in [6.45, 7) is 4.56. The molecule has 1 saturated heterocycles. The molecule has 0 amide bonds. The van der Waals surface area contributed by atoms with Gasteiger partial charge in [-0.1, -0.05) is 50.7 Å². The van der Waals surface area contributed by atoms with E-state index in [0.29, 0.717) is 11.8 Å². The molecule has 3 aliphatic rings. The monoisotopic (exact) mass is 546 g/mol. The van der Waals surface area contributed by atoms with Crippen LogP contribution in [0.5, 0.6) is 5.75 Å². The number of hydrogen-bond donors (Lipinski definition) is 0. The van der Waals surface area contributed by atoms with Crippen molar-refractivity contribution in [2.45, 2.75) is 81.3 Å². The Morgan fingerprint density at radius 1 is 0.763 bits per heavy atom. The lowest BCUT2D eigenvalue weighted by atomic mass is 9.80. The van der Waals surface area contributed by atoms with E-state index in [0.717, 1.165) is 56.9 Å². The van der Waals surface area contributed by atoms with E-state index in [4.69, 9.17) is 4.74 Å². The van der Waals surface area contributed by atoms with Crippen LogP contribution in [0.25, 0.3) is 0 Å². The molecule has 0 N–H and O–H groups in total. The van der Waals surface area contributed by atoms with Gasteiger partial charge in [0.2, 0.25) is 0 Å². The van der Waals surface area contributed by atoms with Gasteiger partial charge < -0.3 is 4.74 Å². The zero-order valence-corrected chi connectivity index (χ0v) is 23.1. The van der Waals surface area contributed by atoms with Crippen molar-refractivity contribution in [2.24, 2.45) is 11.8 Å². The first kappa shape index (κ1) is 27.9. The molecule has 7 heteroatoms. The fourth-order valence-corrected chi connectivity index (χ4v) is 7.39. The molecule has 1 atom stereocenters. The highest BCUT2D eigenvalue weighted by Crippen LogP contribution is 2.40. The van der Waals surface area contributed by atoms with Crippen molar-refractivity contribution in [2.75, 3.05) is 32.8 Å². The highest BCUT2D eigenvalue weighted by molar-refractivity contribution is 7.97. The molecule has 0 bridgehead atoms. The van der Waals surface area contributed by atoms with Crippen LogP contribution < -0.4 is 4.74 Å². The van der Waals surface area contributed by atoms with E-state index in [-0.39, 0.29) is 6.04 Å². The van der Waals surface area contributed by atoms with Gasteiger partial charge in [-0.25, -0.2) is 4.31 Å². The number of ether oxygens (including phenoxy) is 1. The second-order valence-electron chi connectivity index (χ2n) is 11.3. The van der Waals surface area contributed by atoms with Crippen molar-refractivity contribution in [1.82, 2.24) is 9.21 Å². The molecule has 38 heavy (non-hydrogen) atoms. The Hall–Kier alpha value is -1.70. The van der Waals surface area contributed by atoms with Gasteiger partial charge in [0.1, 0.15) is 5.75 Å². The topological polar surface area (TPSA) is 15.7 Å². The SMILES string of the molecule is FC(F)(F)c1ccc(C(C2CCCCC2)N2CCN(Sc3ccc(OCC4CCCCC4)cc3)CC2)cc1. The lowest BCUT2D eigenvalue weighted by Gasteiger charge is -2.43. The third-order valence-corrected chi connectivity index (χ3v) is 9.72. The standard InChI is InChI=1S/C31H41F3N2OS/c32-31(33,34)27-13-11-26(12-14-27)30(25-9-5-2-6-10-25)35-19-21-36(22-20-35)38-29-17-15-28(16-18-29)37-23-24-7-3-1-4-8-24/h11-18,24-25,30H,1-10,19-23H2. The Morgan fingerprint density at radius 2 is 1.37 bits per heavy atom. The molecule has 0 aromatic heterocycles. The van der Waals surface area contributed by atoms with Gasteiger partial charge in [0.15, 0.2) is 0 Å². The highest BCUT2D eigenvalue weighted by atomic mass is 32.2. The minimum absolute atomic E-state index is 0.199. The average Bonchev–Trinajstić information content (AvgIpc) is 2.95. The van der Waals surface area contributed by atoms with Gasteiger partial charge in [-0.3, -0.25) is 4.90 Å². The Bertz CT molecular complexity index is 978. The molecule has 2 aliphatic carbocycles. The Morgan fingerprint density at radius 3 is 1.97 bits per heavy atom. The van der Waals surface area contributed by atoms with Crippen molar-refractivity contribution >= 4 is 11.9 Å². The fraction of sp³-hybridized carbons (Fsp3) is 0.613. The smallest absolute Gasteiger partial charge is 0.416 e. The van der Waals surface area contributed by atoms with Crippen molar-refractivity contribution in [1.29, 1.82) is 0 Å². The Kier molecular flexibility index (Phi) is 9.60. The number of piperazine rings is 1. The predicted octanol–water partition coefficient (Wildman–Crippen LogP) is 8.61. The van der Waals surface area contributed by atoms with E-state index in [1.807, 2.05) is 0 Å². The molecule has 3 nitrogen and oxygen atoms in total. The summed E-state index contributed by atoms with van der Waals surface area (Å²) in [5, 5.41) is 0. The summed E-state index contributed by atoms with van der Waals surface area (Å²) in [5.41, 5.74) is 0.477. The van der Waals surface area contributed by atoms with Gasteiger partial charge in [0.05, 0.1) is 12.2 Å². The van der Waals surface area contributed by atoms with Crippen LogP contribution in [0.4, 0.5) is 13.2 Å². The third-order valence-electron chi connectivity index (χ3n) is 8.61. The van der Waals surface area contributed by atoms with Crippen molar-refractivity contribution < 1.29 is 17.9 Å². The quantitative estimate of drug-likeness (QED) is 0.308. The Labute approximate surface area is 230 Å². The number of halogens is 3. The first-order valence-corrected chi connectivity index (χ1v) is 15.3. The molecule has 0 radical (unpaired) electrons. The maximum Gasteiger partial charge on any atom is 0.416 e. The van der Waals surface area contributed by atoms with Gasteiger partial charge in [0, 0.05) is 37.1 Å². The zero-order chi connectivity index (χ0) is 26.4. The van der Waals surface area contributed by atoms with E-state index in [9.17, 15) is 13.2 Å². The van der Waals surface area contributed by atoms with Crippen LogP contribution >= 0.6 is 11.9 Å². The molecule has 2 saturated carbocycles. The van der Waals surface area contributed by atoms with Crippen molar-refractivity contribution in [3.05, 3.63) is 59.7 Å². The molecule has 1 unspecified atom stereocenters. The summed E-state index contributed by atoms with van der Waals surface area (Å²) < 4.78 is 48.0. The molecule has 0 spiro atoms. The zero-order valence-electron chi connectivity index (χ0n) is 22.3. The number of hydrogen-bond acceptors (Lipinski definition) is 4. The van der Waals surface area contributed by atoms with E-state index in [1.165, 1.54) is 68.4 Å². The maximum atomic E-state index is 13.2. The van der Waals surface area contributed by atoms with Gasteiger partial charge in [-0.15, -0.1) is 0 Å². The van der Waals surface area contributed by atoms with Crippen LogP contribution in [0.3, 0.4) is 0 Å². The minimum atomic E-state index is -4.29. The lowest BCUT2D eigenvalue weighted by Crippen LogP contribution is -2.47. The highest BCUT2D eigenvalue weighted by Gasteiger charge is 2.34. The van der Waals surface area contributed by atoms with Crippen LogP contribution in [0.15, 0.2) is 53.4 Å². The fourth-order valence-electron chi connectivity index (χ4n) is 6.49. The summed E-state index contributed by atoms with van der Waals surface area (Å²) in [4.78, 5) is 3.74. The molecule has 1 heterocycles. The molecular formula is C31H41F3N2OS. The van der Waals surface area contributed by atoms with E-state index >= 15 is 0 Å². The van der Waals surface area contributed by atoms with Crippen LogP contribution in [-0.4, -0.2) is 42.0 Å².